The lowest BCUT2D eigenvalue weighted by atomic mass is 9.94. The number of rotatable bonds is 8. The highest BCUT2D eigenvalue weighted by molar-refractivity contribution is 6.46. The Morgan fingerprint density at radius 1 is 1.15 bits per heavy atom. The van der Waals surface area contributed by atoms with Crippen molar-refractivity contribution in [2.45, 2.75) is 32.4 Å². The van der Waals surface area contributed by atoms with Crippen LogP contribution in [0.1, 0.15) is 37.4 Å². The second-order valence-electron chi connectivity index (χ2n) is 8.08. The first-order valence-corrected chi connectivity index (χ1v) is 10.8. The maximum atomic E-state index is 13.2. The van der Waals surface area contributed by atoms with E-state index in [2.05, 4.69) is 0 Å². The number of ether oxygens (including phenoxy) is 4. The summed E-state index contributed by atoms with van der Waals surface area (Å²) in [5.41, 5.74) is 0.986. The van der Waals surface area contributed by atoms with Crippen molar-refractivity contribution < 1.29 is 33.6 Å². The van der Waals surface area contributed by atoms with Gasteiger partial charge in [0, 0.05) is 24.3 Å². The van der Waals surface area contributed by atoms with E-state index in [1.54, 1.807) is 36.4 Å². The predicted molar refractivity (Wildman–Crippen MR) is 120 cm³/mol. The Morgan fingerprint density at radius 3 is 2.67 bits per heavy atom. The van der Waals surface area contributed by atoms with Crippen LogP contribution >= 0.6 is 0 Å². The molecular formula is C25H27NO7. The fraction of sp³-hybridized carbons (Fsp3) is 0.360. The lowest BCUT2D eigenvalue weighted by molar-refractivity contribution is -0.140. The molecule has 0 saturated carbocycles. The van der Waals surface area contributed by atoms with Crippen LogP contribution in [0.25, 0.3) is 5.76 Å². The van der Waals surface area contributed by atoms with Crippen LogP contribution in [0.15, 0.2) is 48.0 Å². The average molecular weight is 453 g/mol. The number of nitrogens with zero attached hydrogens (tertiary/aromatic N) is 1. The quantitative estimate of drug-likeness (QED) is 0.282. The number of fused-ring (bicyclic) bond motifs is 1. The highest BCUT2D eigenvalue weighted by Crippen LogP contribution is 2.43. The van der Waals surface area contributed by atoms with Crippen molar-refractivity contribution in [2.24, 2.45) is 0 Å². The van der Waals surface area contributed by atoms with Gasteiger partial charge in [-0.25, -0.2) is 0 Å². The molecule has 4 rings (SSSR count). The van der Waals surface area contributed by atoms with Crippen LogP contribution in [0.2, 0.25) is 0 Å². The number of carbonyl (C=O) groups is 2. The summed E-state index contributed by atoms with van der Waals surface area (Å²) in [6.07, 6.45) is 0.609. The third-order valence-corrected chi connectivity index (χ3v) is 5.61. The van der Waals surface area contributed by atoms with E-state index in [4.69, 9.17) is 18.9 Å². The third kappa shape index (κ3) is 4.39. The summed E-state index contributed by atoms with van der Waals surface area (Å²) in [7, 11) is 1.53. The Labute approximate surface area is 192 Å². The largest absolute Gasteiger partial charge is 0.507 e. The van der Waals surface area contributed by atoms with Crippen LogP contribution in [0.5, 0.6) is 17.2 Å². The van der Waals surface area contributed by atoms with Gasteiger partial charge >= 0.3 is 0 Å². The summed E-state index contributed by atoms with van der Waals surface area (Å²) in [5, 5.41) is 11.2. The van der Waals surface area contributed by atoms with Gasteiger partial charge in [0.15, 0.2) is 11.5 Å². The van der Waals surface area contributed by atoms with E-state index < -0.39 is 17.7 Å². The van der Waals surface area contributed by atoms with Crippen molar-refractivity contribution >= 4 is 17.4 Å². The maximum absolute atomic E-state index is 13.2. The van der Waals surface area contributed by atoms with Crippen molar-refractivity contribution in [1.82, 2.24) is 4.90 Å². The lowest BCUT2D eigenvalue weighted by Gasteiger charge is -2.26. The highest BCUT2D eigenvalue weighted by atomic mass is 16.7. The monoisotopic (exact) mass is 453 g/mol. The normalized spacial score (nSPS) is 18.9. The topological polar surface area (TPSA) is 94.5 Å². The van der Waals surface area contributed by atoms with Gasteiger partial charge in [-0.15, -0.1) is 0 Å². The number of hydrogen-bond acceptors (Lipinski definition) is 7. The minimum absolute atomic E-state index is 0.00754. The molecule has 2 aromatic rings. The number of hydrogen-bond donors (Lipinski definition) is 1. The van der Waals surface area contributed by atoms with Gasteiger partial charge in [-0.2, -0.15) is 0 Å². The first-order chi connectivity index (χ1) is 15.9. The molecule has 1 amide bonds. The van der Waals surface area contributed by atoms with Crippen molar-refractivity contribution in [1.29, 1.82) is 0 Å². The van der Waals surface area contributed by atoms with Crippen LogP contribution < -0.4 is 14.2 Å². The Balaban J connectivity index is 1.77. The zero-order chi connectivity index (χ0) is 23.5. The van der Waals surface area contributed by atoms with Gasteiger partial charge in [0.25, 0.3) is 11.7 Å². The number of benzene rings is 2. The summed E-state index contributed by atoms with van der Waals surface area (Å²) in [6.45, 7) is 4.70. The zero-order valence-electron chi connectivity index (χ0n) is 18.9. The van der Waals surface area contributed by atoms with E-state index in [0.29, 0.717) is 41.4 Å². The first-order valence-electron chi connectivity index (χ1n) is 10.8. The number of amides is 1. The summed E-state index contributed by atoms with van der Waals surface area (Å²) < 4.78 is 21.8. The summed E-state index contributed by atoms with van der Waals surface area (Å²) in [4.78, 5) is 27.7. The Bertz CT molecular complexity index is 1090. The molecule has 2 aliphatic heterocycles. The summed E-state index contributed by atoms with van der Waals surface area (Å²) >= 11 is 0. The molecule has 8 heteroatoms. The highest BCUT2D eigenvalue weighted by Gasteiger charge is 2.46. The smallest absolute Gasteiger partial charge is 0.295 e. The van der Waals surface area contributed by atoms with Gasteiger partial charge in [-0.3, -0.25) is 9.59 Å². The number of likely N-dealkylation sites (tertiary alicyclic amines) is 1. The second-order valence-corrected chi connectivity index (χ2v) is 8.08. The average Bonchev–Trinajstić information content (AvgIpc) is 3.38. The van der Waals surface area contributed by atoms with Crippen LogP contribution in [-0.2, 0) is 14.3 Å². The summed E-state index contributed by atoms with van der Waals surface area (Å²) in [5.74, 6) is -0.150. The molecule has 1 unspecified atom stereocenters. The number of aliphatic hydroxyl groups excluding tert-OH is 1. The number of carbonyl (C=O) groups excluding carboxylic acids is 2. The maximum Gasteiger partial charge on any atom is 0.295 e. The Kier molecular flexibility index (Phi) is 6.55. The minimum Gasteiger partial charge on any atom is -0.507 e. The lowest BCUT2D eigenvalue weighted by Crippen LogP contribution is -2.31. The van der Waals surface area contributed by atoms with Gasteiger partial charge < -0.3 is 29.0 Å². The predicted octanol–water partition coefficient (Wildman–Crippen LogP) is 3.66. The Hall–Kier alpha value is -3.52. The molecule has 1 N–H and O–H groups in total. The SMILES string of the molecule is COc1ccccc1C1/C(=C(\O)c2ccc3c(c2)OCO3)C(=O)C(=O)N1CCCOC(C)C. The van der Waals surface area contributed by atoms with E-state index >= 15 is 0 Å². The van der Waals surface area contributed by atoms with Crippen LogP contribution in [-0.4, -0.2) is 54.9 Å². The van der Waals surface area contributed by atoms with Gasteiger partial charge in [0.1, 0.15) is 11.5 Å². The number of methoxy groups -OCH3 is 1. The molecular weight excluding hydrogens is 426 g/mol. The summed E-state index contributed by atoms with van der Waals surface area (Å²) in [6, 6.07) is 11.3. The standard InChI is InChI=1S/C25H27NO7/c1-15(2)31-12-6-11-26-22(17-7-4-5-8-18(17)30-3)21(24(28)25(26)29)23(27)16-9-10-19-20(13-16)33-14-32-19/h4-5,7-10,13,15,22,27H,6,11-12,14H2,1-3H3/b23-21+. The van der Waals surface area contributed by atoms with E-state index in [0.717, 1.165) is 0 Å². The number of Topliss-reactive ketones (excluding diaryl/α,β-unsaturated/α-hetero) is 1. The zero-order valence-corrected chi connectivity index (χ0v) is 18.9. The number of aliphatic hydroxyl groups is 1. The van der Waals surface area contributed by atoms with E-state index in [1.165, 1.54) is 12.0 Å². The molecule has 0 aliphatic carbocycles. The fourth-order valence-electron chi connectivity index (χ4n) is 4.08. The van der Waals surface area contributed by atoms with Crippen molar-refractivity contribution in [3.63, 3.8) is 0 Å². The Morgan fingerprint density at radius 2 is 1.91 bits per heavy atom. The molecule has 1 fully saturated rings. The van der Waals surface area contributed by atoms with Crippen molar-refractivity contribution in [2.75, 3.05) is 27.1 Å². The van der Waals surface area contributed by atoms with Crippen LogP contribution in [0, 0.1) is 0 Å². The number of ketones is 1. The number of para-hydroxylation sites is 1. The van der Waals surface area contributed by atoms with Gasteiger partial charge in [-0.1, -0.05) is 18.2 Å². The molecule has 0 spiro atoms. The molecule has 2 aromatic carbocycles. The van der Waals surface area contributed by atoms with Crippen LogP contribution in [0.4, 0.5) is 0 Å². The molecule has 1 atom stereocenters. The fourth-order valence-corrected chi connectivity index (χ4v) is 4.08. The third-order valence-electron chi connectivity index (χ3n) is 5.61. The van der Waals surface area contributed by atoms with Crippen LogP contribution in [0.3, 0.4) is 0 Å². The van der Waals surface area contributed by atoms with Gasteiger partial charge in [-0.05, 0) is 44.5 Å². The second kappa shape index (κ2) is 9.54. The van der Waals surface area contributed by atoms with Crippen molar-refractivity contribution in [3.8, 4) is 17.2 Å². The van der Waals surface area contributed by atoms with E-state index in [1.807, 2.05) is 19.9 Å². The van der Waals surface area contributed by atoms with Gasteiger partial charge in [0.2, 0.25) is 6.79 Å². The molecule has 174 valence electrons. The molecule has 0 bridgehead atoms. The molecule has 8 nitrogen and oxygen atoms in total. The molecule has 1 saturated heterocycles. The van der Waals surface area contributed by atoms with E-state index in [9.17, 15) is 14.7 Å². The first kappa shape index (κ1) is 22.7. The molecule has 2 aliphatic rings. The van der Waals surface area contributed by atoms with Gasteiger partial charge in [0.05, 0.1) is 24.8 Å². The molecule has 0 radical (unpaired) electrons. The van der Waals surface area contributed by atoms with Crippen molar-refractivity contribution in [3.05, 3.63) is 59.2 Å². The molecule has 0 aromatic heterocycles. The molecule has 33 heavy (non-hydrogen) atoms. The minimum atomic E-state index is -0.800. The van der Waals surface area contributed by atoms with E-state index in [-0.39, 0.29) is 30.8 Å². The molecule has 2 heterocycles.